The van der Waals surface area contributed by atoms with Crippen LogP contribution in [0.3, 0.4) is 0 Å². The Kier molecular flexibility index (Phi) is 68.1. The molecule has 7 atom stereocenters. The van der Waals surface area contributed by atoms with Crippen molar-refractivity contribution < 1.29 is 80.2 Å². The van der Waals surface area contributed by atoms with Crippen molar-refractivity contribution >= 4 is 39.5 Å². The average Bonchev–Trinajstić information content (AvgIpc) is 1.14. The second-order valence-corrected chi connectivity index (χ2v) is 32.3. The molecule has 0 heterocycles. The minimum absolute atomic E-state index is 0.106. The van der Waals surface area contributed by atoms with Gasteiger partial charge < -0.3 is 33.8 Å². The van der Waals surface area contributed by atoms with E-state index in [2.05, 4.69) is 48.5 Å². The van der Waals surface area contributed by atoms with Gasteiger partial charge in [0.15, 0.2) is 12.2 Å². The molecule has 0 aromatic heterocycles. The monoisotopic (exact) mass is 1440 g/mol. The van der Waals surface area contributed by atoms with Crippen LogP contribution < -0.4 is 0 Å². The number of ether oxygens (including phenoxy) is 4. The van der Waals surface area contributed by atoms with Crippen LogP contribution in [0.1, 0.15) is 408 Å². The van der Waals surface area contributed by atoms with Crippen molar-refractivity contribution in [2.75, 3.05) is 39.6 Å². The second kappa shape index (κ2) is 69.4. The van der Waals surface area contributed by atoms with Gasteiger partial charge in [0.1, 0.15) is 19.3 Å². The Balaban J connectivity index is 5.28. The highest BCUT2D eigenvalue weighted by atomic mass is 31.2. The molecule has 98 heavy (non-hydrogen) atoms. The Morgan fingerprint density at radius 1 is 0.296 bits per heavy atom. The van der Waals surface area contributed by atoms with Crippen LogP contribution in [0.5, 0.6) is 0 Å². The zero-order valence-corrected chi connectivity index (χ0v) is 66.0. The summed E-state index contributed by atoms with van der Waals surface area (Å²) in [4.78, 5) is 73.0. The van der Waals surface area contributed by atoms with E-state index in [0.717, 1.165) is 108 Å². The number of phosphoric ester groups is 2. The topological polar surface area (TPSA) is 237 Å². The van der Waals surface area contributed by atoms with Crippen LogP contribution in [-0.4, -0.2) is 96.7 Å². The first-order valence-corrected chi connectivity index (χ1v) is 43.9. The average molecular weight is 1440 g/mol. The summed E-state index contributed by atoms with van der Waals surface area (Å²) < 4.78 is 68.7. The van der Waals surface area contributed by atoms with Gasteiger partial charge in [0.25, 0.3) is 0 Å². The van der Waals surface area contributed by atoms with Crippen LogP contribution in [0.15, 0.2) is 0 Å². The predicted molar refractivity (Wildman–Crippen MR) is 400 cm³/mol. The van der Waals surface area contributed by atoms with Gasteiger partial charge in [0.2, 0.25) is 0 Å². The summed E-state index contributed by atoms with van der Waals surface area (Å²) >= 11 is 0. The van der Waals surface area contributed by atoms with E-state index < -0.39 is 97.5 Å². The minimum atomic E-state index is -4.96. The number of hydrogen-bond donors (Lipinski definition) is 3. The van der Waals surface area contributed by atoms with Crippen LogP contribution in [0, 0.1) is 17.8 Å². The zero-order chi connectivity index (χ0) is 72.3. The van der Waals surface area contributed by atoms with E-state index in [1.165, 1.54) is 218 Å². The van der Waals surface area contributed by atoms with Gasteiger partial charge in [-0.3, -0.25) is 37.3 Å². The molecule has 4 unspecified atom stereocenters. The molecule has 0 aliphatic rings. The highest BCUT2D eigenvalue weighted by molar-refractivity contribution is 7.47. The van der Waals surface area contributed by atoms with Gasteiger partial charge in [-0.2, -0.15) is 0 Å². The van der Waals surface area contributed by atoms with E-state index in [9.17, 15) is 43.2 Å². The Hall–Kier alpha value is -1.94. The summed E-state index contributed by atoms with van der Waals surface area (Å²) in [6.45, 7) is 12.0. The van der Waals surface area contributed by atoms with Gasteiger partial charge in [-0.05, 0) is 43.4 Å². The van der Waals surface area contributed by atoms with Crippen molar-refractivity contribution in [3.8, 4) is 0 Å². The molecule has 0 aliphatic heterocycles. The molecule has 17 nitrogen and oxygen atoms in total. The molecule has 0 aromatic rings. The number of carbonyl (C=O) groups is 4. The second-order valence-electron chi connectivity index (χ2n) is 29.4. The van der Waals surface area contributed by atoms with Gasteiger partial charge in [-0.15, -0.1) is 0 Å². The van der Waals surface area contributed by atoms with Crippen LogP contribution in [0.4, 0.5) is 0 Å². The smallest absolute Gasteiger partial charge is 0.462 e. The lowest BCUT2D eigenvalue weighted by atomic mass is 9.99. The number of hydrogen-bond acceptors (Lipinski definition) is 15. The molecule has 0 amide bonds. The number of phosphoric acid groups is 2. The summed E-state index contributed by atoms with van der Waals surface area (Å²) in [5.41, 5.74) is 0. The molecule has 0 radical (unpaired) electrons. The highest BCUT2D eigenvalue weighted by Gasteiger charge is 2.30. The van der Waals surface area contributed by atoms with Crippen LogP contribution in [0.2, 0.25) is 0 Å². The Bertz CT molecular complexity index is 1910. The number of esters is 4. The standard InChI is InChI=1S/C79H154O17P2/c1-8-11-12-13-14-15-16-17-18-22-25-31-39-46-53-60-76(81)89-66-74(95-78(83)62-55-48-41-32-26-23-20-19-21-24-29-36-43-50-57-70(4)5)68-93-97(85,86)91-64-73(80)65-92-98(87,88)94-69-75(67-90-77(82)61-54-47-40-35-34-38-45-52-59-72(7)10-3)96-79(84)63-56-49-42-33-28-27-30-37-44-51-58-71(6)9-2/h70-75,80H,8-69H2,1-7H3,(H,85,86)(H,87,88)/t71?,72?,73-,74-,75-/m1/s1. The van der Waals surface area contributed by atoms with Crippen molar-refractivity contribution in [3.05, 3.63) is 0 Å². The lowest BCUT2D eigenvalue weighted by Gasteiger charge is -2.21. The third kappa shape index (κ3) is 69.8. The van der Waals surface area contributed by atoms with Crippen molar-refractivity contribution in [1.29, 1.82) is 0 Å². The van der Waals surface area contributed by atoms with Crippen molar-refractivity contribution in [2.45, 2.75) is 426 Å². The van der Waals surface area contributed by atoms with E-state index in [0.29, 0.717) is 25.7 Å². The Labute approximate surface area is 600 Å². The number of unbranched alkanes of at least 4 members (excludes halogenated alkanes) is 43. The maximum atomic E-state index is 13.1. The van der Waals surface area contributed by atoms with E-state index >= 15 is 0 Å². The van der Waals surface area contributed by atoms with Gasteiger partial charge in [0.05, 0.1) is 26.4 Å². The van der Waals surface area contributed by atoms with Crippen LogP contribution >= 0.6 is 15.6 Å². The molecule has 0 rings (SSSR count). The first-order chi connectivity index (χ1) is 47.3. The fourth-order valence-corrected chi connectivity index (χ4v) is 13.6. The van der Waals surface area contributed by atoms with E-state index in [-0.39, 0.29) is 25.7 Å². The molecule has 0 spiro atoms. The molecule has 19 heteroatoms. The van der Waals surface area contributed by atoms with Gasteiger partial charge >= 0.3 is 39.5 Å². The molecule has 0 aromatic carbocycles. The molecular formula is C79H154O17P2. The molecule has 0 fully saturated rings. The largest absolute Gasteiger partial charge is 0.472 e. The molecular weight excluding hydrogens is 1280 g/mol. The lowest BCUT2D eigenvalue weighted by molar-refractivity contribution is -0.161. The first-order valence-electron chi connectivity index (χ1n) is 40.9. The highest BCUT2D eigenvalue weighted by Crippen LogP contribution is 2.45. The van der Waals surface area contributed by atoms with Crippen molar-refractivity contribution in [3.63, 3.8) is 0 Å². The first kappa shape index (κ1) is 96.1. The fourth-order valence-electron chi connectivity index (χ4n) is 12.1. The summed E-state index contributed by atoms with van der Waals surface area (Å²) in [6.07, 6.45) is 56.6. The normalized spacial score (nSPS) is 14.6. The van der Waals surface area contributed by atoms with Gasteiger partial charge in [-0.1, -0.05) is 357 Å². The SMILES string of the molecule is CCCCCCCCCCCCCCCCCC(=O)OC[C@H](COP(=O)(O)OC[C@@H](O)COP(=O)(O)OC[C@@H](COC(=O)CCCCCCCCCCC(C)CC)OC(=O)CCCCCCCCCCCCC(C)CC)OC(=O)CCCCCCCCCCCCCCCCC(C)C. The van der Waals surface area contributed by atoms with Crippen LogP contribution in [-0.2, 0) is 65.4 Å². The zero-order valence-electron chi connectivity index (χ0n) is 64.3. The van der Waals surface area contributed by atoms with Crippen molar-refractivity contribution in [2.24, 2.45) is 17.8 Å². The number of rotatable bonds is 77. The maximum absolute atomic E-state index is 13.1. The lowest BCUT2D eigenvalue weighted by Crippen LogP contribution is -2.30. The Morgan fingerprint density at radius 3 is 0.776 bits per heavy atom. The summed E-state index contributed by atoms with van der Waals surface area (Å²) in [6, 6.07) is 0. The molecule has 0 bridgehead atoms. The van der Waals surface area contributed by atoms with Crippen LogP contribution in [0.25, 0.3) is 0 Å². The number of aliphatic hydroxyl groups is 1. The van der Waals surface area contributed by atoms with Gasteiger partial charge in [-0.25, -0.2) is 9.13 Å². The Morgan fingerprint density at radius 2 is 0.520 bits per heavy atom. The molecule has 0 saturated heterocycles. The van der Waals surface area contributed by atoms with E-state index in [1.807, 2.05) is 0 Å². The van der Waals surface area contributed by atoms with Gasteiger partial charge in [0, 0.05) is 25.7 Å². The maximum Gasteiger partial charge on any atom is 0.472 e. The summed E-state index contributed by atoms with van der Waals surface area (Å²) in [5.74, 6) is 0.263. The van der Waals surface area contributed by atoms with E-state index in [1.54, 1.807) is 0 Å². The quantitative estimate of drug-likeness (QED) is 0.0222. The molecule has 3 N–H and O–H groups in total. The summed E-state index contributed by atoms with van der Waals surface area (Å²) in [5, 5.41) is 10.6. The van der Waals surface area contributed by atoms with E-state index in [4.69, 9.17) is 37.0 Å². The predicted octanol–water partition coefficient (Wildman–Crippen LogP) is 23.4. The minimum Gasteiger partial charge on any atom is -0.462 e. The van der Waals surface area contributed by atoms with Crippen molar-refractivity contribution in [1.82, 2.24) is 0 Å². The molecule has 582 valence electrons. The number of aliphatic hydroxyl groups excluding tert-OH is 1. The molecule has 0 aliphatic carbocycles. The third-order valence-corrected chi connectivity index (χ3v) is 21.0. The molecule has 0 saturated carbocycles. The number of carbonyl (C=O) groups excluding carboxylic acids is 4. The summed E-state index contributed by atoms with van der Waals surface area (Å²) in [7, 11) is -9.92. The fraction of sp³-hybridized carbons (Fsp3) is 0.949. The third-order valence-electron chi connectivity index (χ3n) is 19.1.